The lowest BCUT2D eigenvalue weighted by atomic mass is 10.00. The van der Waals surface area contributed by atoms with Gasteiger partial charge in [0.05, 0.1) is 41.2 Å². The molecule has 1 N–H and O–H groups in total. The van der Waals surface area contributed by atoms with E-state index >= 15 is 0 Å². The molecule has 26 heavy (non-hydrogen) atoms. The maximum Gasteiger partial charge on any atom is 0.274 e. The number of aromatic amines is 1. The summed E-state index contributed by atoms with van der Waals surface area (Å²) in [7, 11) is 0. The Kier molecular flexibility index (Phi) is 3.64. The van der Waals surface area contributed by atoms with Crippen LogP contribution in [0.3, 0.4) is 0 Å². The smallest absolute Gasteiger partial charge is 0.274 e. The predicted molar refractivity (Wildman–Crippen MR) is 94.8 cm³/mol. The molecule has 134 valence electrons. The molecule has 2 aliphatic heterocycles. The summed E-state index contributed by atoms with van der Waals surface area (Å²) in [5.74, 6) is -0.0635. The molecule has 3 aromatic heterocycles. The van der Waals surface area contributed by atoms with Gasteiger partial charge in [-0.1, -0.05) is 5.21 Å². The van der Waals surface area contributed by atoms with Gasteiger partial charge in [0.2, 0.25) is 0 Å². The molecule has 1 amide bonds. The first-order chi connectivity index (χ1) is 12.7. The van der Waals surface area contributed by atoms with Crippen molar-refractivity contribution in [2.45, 2.75) is 32.1 Å². The summed E-state index contributed by atoms with van der Waals surface area (Å²) >= 11 is 1.68. The zero-order valence-corrected chi connectivity index (χ0v) is 15.1. The van der Waals surface area contributed by atoms with Gasteiger partial charge < -0.3 is 9.64 Å². The van der Waals surface area contributed by atoms with Gasteiger partial charge in [0, 0.05) is 18.0 Å². The quantitative estimate of drug-likeness (QED) is 0.745. The van der Waals surface area contributed by atoms with Gasteiger partial charge in [-0.05, 0) is 31.5 Å². The summed E-state index contributed by atoms with van der Waals surface area (Å²) in [6.45, 7) is 3.81. The molecule has 0 unspecified atom stereocenters. The van der Waals surface area contributed by atoms with Crippen LogP contribution in [0.5, 0.6) is 0 Å². The Morgan fingerprint density at radius 1 is 1.42 bits per heavy atom. The zero-order valence-electron chi connectivity index (χ0n) is 14.3. The molecule has 3 aromatic rings. The highest BCUT2D eigenvalue weighted by Crippen LogP contribution is 2.31. The average Bonchev–Trinajstić information content (AvgIpc) is 3.40. The van der Waals surface area contributed by atoms with Crippen LogP contribution in [0.1, 0.15) is 33.5 Å². The number of likely N-dealkylation sites (tertiary alicyclic amines) is 1. The minimum Gasteiger partial charge on any atom is -0.370 e. The van der Waals surface area contributed by atoms with Crippen LogP contribution < -0.4 is 0 Å². The molecule has 0 radical (unpaired) electrons. The first-order valence-electron chi connectivity index (χ1n) is 8.61. The highest BCUT2D eigenvalue weighted by molar-refractivity contribution is 7.15. The fraction of sp³-hybridized carbons (Fsp3) is 0.412. The third kappa shape index (κ3) is 2.55. The second-order valence-electron chi connectivity index (χ2n) is 6.70. The molecule has 5 rings (SSSR count). The SMILES string of the molecule is Cc1ccc(-c2cc(C(=O)N3CC[C@H]4OCc5cnnn5[C@H]4C3)n[nH]2)s1. The van der Waals surface area contributed by atoms with E-state index in [-0.39, 0.29) is 18.1 Å². The zero-order chi connectivity index (χ0) is 17.7. The monoisotopic (exact) mass is 370 g/mol. The highest BCUT2D eigenvalue weighted by Gasteiger charge is 2.38. The largest absolute Gasteiger partial charge is 0.370 e. The lowest BCUT2D eigenvalue weighted by Crippen LogP contribution is -2.50. The van der Waals surface area contributed by atoms with Crippen LogP contribution in [-0.2, 0) is 11.3 Å². The summed E-state index contributed by atoms with van der Waals surface area (Å²) in [5, 5.41) is 15.4. The van der Waals surface area contributed by atoms with Crippen LogP contribution >= 0.6 is 11.3 Å². The standard InChI is InChI=1S/C17H18N6O2S/c1-10-2-3-16(26-10)12-6-13(20-19-12)17(24)22-5-4-15-14(8-22)23-11(9-25-15)7-18-21-23/h2-3,6-7,14-15H,4-5,8-9H2,1H3,(H,19,20)/t14-,15+/m0/s1. The number of ether oxygens (including phenoxy) is 1. The van der Waals surface area contributed by atoms with E-state index < -0.39 is 0 Å². The third-order valence-electron chi connectivity index (χ3n) is 5.02. The normalized spacial score (nSPS) is 22.1. The van der Waals surface area contributed by atoms with Gasteiger partial charge in [-0.2, -0.15) is 5.10 Å². The minimum atomic E-state index is -0.0635. The predicted octanol–water partition coefficient (Wildman–Crippen LogP) is 2.02. The van der Waals surface area contributed by atoms with E-state index in [1.165, 1.54) is 4.88 Å². The van der Waals surface area contributed by atoms with Crippen molar-refractivity contribution in [2.75, 3.05) is 13.1 Å². The number of aryl methyl sites for hydroxylation is 1. The topological polar surface area (TPSA) is 88.9 Å². The van der Waals surface area contributed by atoms with Crippen molar-refractivity contribution in [2.24, 2.45) is 0 Å². The summed E-state index contributed by atoms with van der Waals surface area (Å²) in [4.78, 5) is 17.1. The number of H-pyrrole nitrogens is 1. The van der Waals surface area contributed by atoms with Crippen molar-refractivity contribution in [3.8, 4) is 10.6 Å². The van der Waals surface area contributed by atoms with Gasteiger partial charge in [0.1, 0.15) is 0 Å². The van der Waals surface area contributed by atoms with Crippen molar-refractivity contribution in [1.29, 1.82) is 0 Å². The number of aromatic nitrogens is 5. The number of carbonyl (C=O) groups excluding carboxylic acids is 1. The number of carbonyl (C=O) groups is 1. The van der Waals surface area contributed by atoms with Crippen molar-refractivity contribution < 1.29 is 9.53 Å². The molecule has 2 atom stereocenters. The molecular formula is C17H18N6O2S. The van der Waals surface area contributed by atoms with Gasteiger partial charge in [0.25, 0.3) is 5.91 Å². The van der Waals surface area contributed by atoms with Crippen molar-refractivity contribution >= 4 is 17.2 Å². The van der Waals surface area contributed by atoms with Crippen LogP contribution in [-0.4, -0.2) is 55.2 Å². The van der Waals surface area contributed by atoms with E-state index in [9.17, 15) is 4.79 Å². The molecule has 1 fully saturated rings. The Labute approximate surface area is 153 Å². The molecule has 2 aliphatic rings. The fourth-order valence-electron chi connectivity index (χ4n) is 3.66. The first kappa shape index (κ1) is 15.7. The van der Waals surface area contributed by atoms with Crippen LogP contribution in [0, 0.1) is 6.92 Å². The molecule has 0 aromatic carbocycles. The second-order valence-corrected chi connectivity index (χ2v) is 7.99. The number of hydrogen-bond acceptors (Lipinski definition) is 6. The Hall–Kier alpha value is -2.52. The van der Waals surface area contributed by atoms with Crippen molar-refractivity contribution in [1.82, 2.24) is 30.1 Å². The Morgan fingerprint density at radius 3 is 3.19 bits per heavy atom. The second kappa shape index (κ2) is 6.03. The van der Waals surface area contributed by atoms with Crippen LogP contribution in [0.25, 0.3) is 10.6 Å². The highest BCUT2D eigenvalue weighted by atomic mass is 32.1. The molecule has 0 aliphatic carbocycles. The molecule has 9 heteroatoms. The molecule has 1 saturated heterocycles. The number of thiophene rings is 1. The Bertz CT molecular complexity index is 960. The van der Waals surface area contributed by atoms with Crippen LogP contribution in [0.15, 0.2) is 24.4 Å². The fourth-order valence-corrected chi connectivity index (χ4v) is 4.50. The van der Waals surface area contributed by atoms with Gasteiger partial charge >= 0.3 is 0 Å². The van der Waals surface area contributed by atoms with Gasteiger partial charge in [0.15, 0.2) is 5.69 Å². The number of nitrogens with zero attached hydrogens (tertiary/aromatic N) is 5. The number of hydrogen-bond donors (Lipinski definition) is 1. The van der Waals surface area contributed by atoms with Gasteiger partial charge in [-0.3, -0.25) is 9.89 Å². The molecule has 0 saturated carbocycles. The summed E-state index contributed by atoms with van der Waals surface area (Å²) in [6.07, 6.45) is 2.59. The number of nitrogens with one attached hydrogen (secondary N) is 1. The summed E-state index contributed by atoms with van der Waals surface area (Å²) in [6, 6.07) is 5.94. The number of fused-ring (bicyclic) bond motifs is 3. The van der Waals surface area contributed by atoms with E-state index in [0.29, 0.717) is 25.4 Å². The Morgan fingerprint density at radius 2 is 2.35 bits per heavy atom. The van der Waals surface area contributed by atoms with E-state index in [0.717, 1.165) is 22.7 Å². The first-order valence-corrected chi connectivity index (χ1v) is 9.43. The number of amides is 1. The van der Waals surface area contributed by atoms with Crippen molar-refractivity contribution in [3.05, 3.63) is 40.7 Å². The van der Waals surface area contributed by atoms with E-state index in [1.54, 1.807) is 17.5 Å². The molecular weight excluding hydrogens is 352 g/mol. The lowest BCUT2D eigenvalue weighted by Gasteiger charge is -2.40. The summed E-state index contributed by atoms with van der Waals surface area (Å²) < 4.78 is 7.81. The Balaban J connectivity index is 1.36. The number of rotatable bonds is 2. The van der Waals surface area contributed by atoms with Crippen molar-refractivity contribution in [3.63, 3.8) is 0 Å². The van der Waals surface area contributed by atoms with E-state index in [4.69, 9.17) is 4.74 Å². The third-order valence-corrected chi connectivity index (χ3v) is 6.05. The van der Waals surface area contributed by atoms with Crippen LogP contribution in [0.2, 0.25) is 0 Å². The molecule has 8 nitrogen and oxygen atoms in total. The molecule has 0 bridgehead atoms. The lowest BCUT2D eigenvalue weighted by molar-refractivity contribution is -0.0605. The van der Waals surface area contributed by atoms with E-state index in [2.05, 4.69) is 33.5 Å². The number of piperidine rings is 1. The van der Waals surface area contributed by atoms with Gasteiger partial charge in [-0.25, -0.2) is 4.68 Å². The minimum absolute atomic E-state index is 0.0114. The van der Waals surface area contributed by atoms with Gasteiger partial charge in [-0.15, -0.1) is 16.4 Å². The molecule has 0 spiro atoms. The van der Waals surface area contributed by atoms with Crippen LogP contribution in [0.4, 0.5) is 0 Å². The molecule has 5 heterocycles. The maximum absolute atomic E-state index is 12.9. The summed E-state index contributed by atoms with van der Waals surface area (Å²) in [5.41, 5.74) is 2.27. The average molecular weight is 370 g/mol. The van der Waals surface area contributed by atoms with E-state index in [1.807, 2.05) is 21.7 Å². The maximum atomic E-state index is 12.9.